The van der Waals surface area contributed by atoms with Crippen LogP contribution in [0.15, 0.2) is 49.2 Å². The predicted molar refractivity (Wildman–Crippen MR) is 113 cm³/mol. The number of aromatic nitrogens is 3. The van der Waals surface area contributed by atoms with Gasteiger partial charge in [0.2, 0.25) is 0 Å². The largest absolute Gasteiger partial charge is 0.392 e. The third kappa shape index (κ3) is 4.96. The number of anilines is 2. The second-order valence-corrected chi connectivity index (χ2v) is 7.27. The first-order valence-corrected chi connectivity index (χ1v) is 9.64. The Morgan fingerprint density at radius 3 is 2.53 bits per heavy atom. The van der Waals surface area contributed by atoms with Crippen molar-refractivity contribution in [3.8, 4) is 11.3 Å². The number of halogens is 1. The maximum absolute atomic E-state index is 14.2. The lowest BCUT2D eigenvalue weighted by atomic mass is 10.0. The van der Waals surface area contributed by atoms with E-state index < -0.39 is 11.9 Å². The van der Waals surface area contributed by atoms with Gasteiger partial charge in [-0.2, -0.15) is 0 Å². The van der Waals surface area contributed by atoms with E-state index in [1.54, 1.807) is 31.5 Å². The SMILES string of the molecule is CC(O)CNC(=O)c1cnccc1Nc1cc(-c2cnccc2F)ncc1C(C)C. The highest BCUT2D eigenvalue weighted by Gasteiger charge is 2.16. The number of aliphatic hydroxyl groups excluding tert-OH is 1. The molecule has 1 atom stereocenters. The molecule has 1 unspecified atom stereocenters. The third-order valence-electron chi connectivity index (χ3n) is 4.49. The zero-order chi connectivity index (χ0) is 21.7. The summed E-state index contributed by atoms with van der Waals surface area (Å²) in [6.45, 7) is 5.77. The van der Waals surface area contributed by atoms with Crippen molar-refractivity contribution in [2.75, 3.05) is 11.9 Å². The number of nitrogens with zero attached hydrogens (tertiary/aromatic N) is 3. The first-order valence-electron chi connectivity index (χ1n) is 9.64. The molecule has 8 heteroatoms. The summed E-state index contributed by atoms with van der Waals surface area (Å²) in [5, 5.41) is 15.4. The molecule has 0 aliphatic rings. The van der Waals surface area contributed by atoms with Gasteiger partial charge in [0, 0.05) is 43.2 Å². The smallest absolute Gasteiger partial charge is 0.255 e. The monoisotopic (exact) mass is 409 g/mol. The molecule has 3 N–H and O–H groups in total. The van der Waals surface area contributed by atoms with E-state index in [0.29, 0.717) is 28.2 Å². The highest BCUT2D eigenvalue weighted by molar-refractivity contribution is 6.00. The molecule has 0 aromatic carbocycles. The van der Waals surface area contributed by atoms with Gasteiger partial charge in [-0.05, 0) is 36.6 Å². The molecular formula is C22H24FN5O2. The summed E-state index contributed by atoms with van der Waals surface area (Å²) in [6.07, 6.45) is 6.88. The molecule has 0 aliphatic carbocycles. The number of amides is 1. The Morgan fingerprint density at radius 1 is 1.10 bits per heavy atom. The van der Waals surface area contributed by atoms with E-state index in [0.717, 1.165) is 5.56 Å². The molecule has 0 spiro atoms. The molecular weight excluding hydrogens is 385 g/mol. The molecule has 0 saturated carbocycles. The number of carbonyl (C=O) groups excluding carboxylic acids is 1. The van der Waals surface area contributed by atoms with Gasteiger partial charge >= 0.3 is 0 Å². The van der Waals surface area contributed by atoms with Crippen molar-refractivity contribution in [3.05, 3.63) is 66.1 Å². The maximum atomic E-state index is 14.2. The van der Waals surface area contributed by atoms with Crippen molar-refractivity contribution >= 4 is 17.3 Å². The van der Waals surface area contributed by atoms with Crippen LogP contribution in [0.1, 0.15) is 42.6 Å². The van der Waals surface area contributed by atoms with Gasteiger partial charge in [0.1, 0.15) is 5.82 Å². The van der Waals surface area contributed by atoms with Gasteiger partial charge in [-0.1, -0.05) is 13.8 Å². The summed E-state index contributed by atoms with van der Waals surface area (Å²) in [6, 6.07) is 4.72. The molecule has 0 aliphatic heterocycles. The number of rotatable bonds is 7. The van der Waals surface area contributed by atoms with E-state index in [4.69, 9.17) is 0 Å². The molecule has 3 aromatic rings. The normalized spacial score (nSPS) is 11.9. The number of nitrogens with one attached hydrogen (secondary N) is 2. The molecule has 7 nitrogen and oxygen atoms in total. The van der Waals surface area contributed by atoms with Crippen LogP contribution in [0.3, 0.4) is 0 Å². The highest BCUT2D eigenvalue weighted by Crippen LogP contribution is 2.31. The van der Waals surface area contributed by atoms with Gasteiger partial charge in [0.25, 0.3) is 5.91 Å². The van der Waals surface area contributed by atoms with E-state index >= 15 is 0 Å². The Balaban J connectivity index is 1.99. The van der Waals surface area contributed by atoms with Crippen molar-refractivity contribution in [1.29, 1.82) is 0 Å². The third-order valence-corrected chi connectivity index (χ3v) is 4.49. The van der Waals surface area contributed by atoms with E-state index in [-0.39, 0.29) is 18.4 Å². The number of aliphatic hydroxyl groups is 1. The molecule has 3 rings (SSSR count). The van der Waals surface area contributed by atoms with Crippen LogP contribution in [-0.4, -0.2) is 38.6 Å². The fourth-order valence-electron chi connectivity index (χ4n) is 2.91. The summed E-state index contributed by atoms with van der Waals surface area (Å²) < 4.78 is 14.2. The van der Waals surface area contributed by atoms with Crippen molar-refractivity contribution in [3.63, 3.8) is 0 Å². The lowest BCUT2D eigenvalue weighted by Gasteiger charge is -2.18. The quantitative estimate of drug-likeness (QED) is 0.551. The van der Waals surface area contributed by atoms with Crippen molar-refractivity contribution < 1.29 is 14.3 Å². The number of pyridine rings is 3. The lowest BCUT2D eigenvalue weighted by Crippen LogP contribution is -2.31. The van der Waals surface area contributed by atoms with Crippen LogP contribution in [0, 0.1) is 5.82 Å². The molecule has 0 radical (unpaired) electrons. The topological polar surface area (TPSA) is 100 Å². The number of hydrogen-bond donors (Lipinski definition) is 3. The van der Waals surface area contributed by atoms with Crippen LogP contribution in [0.25, 0.3) is 11.3 Å². The lowest BCUT2D eigenvalue weighted by molar-refractivity contribution is 0.0924. The van der Waals surface area contributed by atoms with Gasteiger partial charge in [0.15, 0.2) is 0 Å². The Labute approximate surface area is 174 Å². The first kappa shape index (κ1) is 21.3. The summed E-state index contributed by atoms with van der Waals surface area (Å²) in [4.78, 5) is 25.0. The summed E-state index contributed by atoms with van der Waals surface area (Å²) in [7, 11) is 0. The van der Waals surface area contributed by atoms with E-state index in [1.807, 2.05) is 13.8 Å². The summed E-state index contributed by atoms with van der Waals surface area (Å²) in [5.41, 5.74) is 3.21. The molecule has 0 fully saturated rings. The maximum Gasteiger partial charge on any atom is 0.255 e. The number of carbonyl (C=O) groups is 1. The molecule has 0 saturated heterocycles. The van der Waals surface area contributed by atoms with Crippen molar-refractivity contribution in [2.24, 2.45) is 0 Å². The first-order chi connectivity index (χ1) is 14.4. The average Bonchev–Trinajstić information content (AvgIpc) is 2.72. The van der Waals surface area contributed by atoms with Gasteiger partial charge in [-0.25, -0.2) is 4.39 Å². The standard InChI is InChI=1S/C22H24FN5O2/c1-13(2)15-12-26-20(16-10-24-6-4-18(16)23)8-21(15)28-19-5-7-25-11-17(19)22(30)27-9-14(3)29/h4-8,10-14,29H,9H2,1-3H3,(H,27,30)(H,25,26,28). The van der Waals surface area contributed by atoms with Gasteiger partial charge < -0.3 is 15.7 Å². The van der Waals surface area contributed by atoms with E-state index in [9.17, 15) is 14.3 Å². The fourth-order valence-corrected chi connectivity index (χ4v) is 2.91. The zero-order valence-corrected chi connectivity index (χ0v) is 17.1. The molecule has 30 heavy (non-hydrogen) atoms. The number of hydrogen-bond acceptors (Lipinski definition) is 6. The molecule has 1 amide bonds. The summed E-state index contributed by atoms with van der Waals surface area (Å²) in [5.74, 6) is -0.629. The highest BCUT2D eigenvalue weighted by atomic mass is 19.1. The second-order valence-electron chi connectivity index (χ2n) is 7.27. The zero-order valence-electron chi connectivity index (χ0n) is 17.1. The van der Waals surface area contributed by atoms with Gasteiger partial charge in [-0.15, -0.1) is 0 Å². The van der Waals surface area contributed by atoms with Gasteiger partial charge in [0.05, 0.1) is 28.6 Å². The molecule has 3 aromatic heterocycles. The van der Waals surface area contributed by atoms with Crippen LogP contribution in [-0.2, 0) is 0 Å². The Bertz CT molecular complexity index is 1040. The van der Waals surface area contributed by atoms with Gasteiger partial charge in [-0.3, -0.25) is 19.7 Å². The van der Waals surface area contributed by atoms with E-state index in [1.165, 1.54) is 24.7 Å². The molecule has 156 valence electrons. The van der Waals surface area contributed by atoms with Crippen LogP contribution < -0.4 is 10.6 Å². The Hall–Kier alpha value is -3.39. The predicted octanol–water partition coefficient (Wildman–Crippen LogP) is 3.66. The molecule has 3 heterocycles. The minimum absolute atomic E-state index is 0.129. The second kappa shape index (κ2) is 9.41. The van der Waals surface area contributed by atoms with Crippen LogP contribution >= 0.6 is 0 Å². The van der Waals surface area contributed by atoms with Crippen molar-refractivity contribution in [2.45, 2.75) is 32.8 Å². The Morgan fingerprint density at radius 2 is 1.83 bits per heavy atom. The minimum Gasteiger partial charge on any atom is -0.392 e. The van der Waals surface area contributed by atoms with Crippen LogP contribution in [0.4, 0.5) is 15.8 Å². The summed E-state index contributed by atoms with van der Waals surface area (Å²) >= 11 is 0. The minimum atomic E-state index is -0.660. The van der Waals surface area contributed by atoms with Crippen LogP contribution in [0.2, 0.25) is 0 Å². The van der Waals surface area contributed by atoms with Crippen LogP contribution in [0.5, 0.6) is 0 Å². The fraction of sp³-hybridized carbons (Fsp3) is 0.273. The average molecular weight is 409 g/mol. The molecule has 0 bridgehead atoms. The van der Waals surface area contributed by atoms with Crippen molar-refractivity contribution in [1.82, 2.24) is 20.3 Å². The Kier molecular flexibility index (Phi) is 6.68. The van der Waals surface area contributed by atoms with E-state index in [2.05, 4.69) is 25.6 Å².